The van der Waals surface area contributed by atoms with Crippen molar-refractivity contribution in [3.63, 3.8) is 0 Å². The lowest BCUT2D eigenvalue weighted by Crippen LogP contribution is -2.50. The number of nitrogens with zero attached hydrogens (tertiary/aromatic N) is 4. The van der Waals surface area contributed by atoms with Crippen LogP contribution in [0, 0.1) is 0 Å². The van der Waals surface area contributed by atoms with E-state index in [4.69, 9.17) is 14.2 Å². The van der Waals surface area contributed by atoms with Gasteiger partial charge in [-0.25, -0.2) is 4.79 Å². The molecule has 29 heavy (non-hydrogen) atoms. The quantitative estimate of drug-likeness (QED) is 0.657. The van der Waals surface area contributed by atoms with Crippen molar-refractivity contribution < 1.29 is 14.1 Å². The Morgan fingerprint density at radius 2 is 1.76 bits per heavy atom. The number of hydrogen-bond acceptors (Lipinski definition) is 6. The summed E-state index contributed by atoms with van der Waals surface area (Å²) in [6.07, 6.45) is 0.558. The smallest absolute Gasteiger partial charge is 0.410 e. The highest BCUT2D eigenvalue weighted by Crippen LogP contribution is 2.35. The molecule has 1 amide bonds. The van der Waals surface area contributed by atoms with E-state index in [1.165, 1.54) is 0 Å². The Kier molecular flexibility index (Phi) is 6.22. The number of carbonyl (C=O) groups is 1. The Morgan fingerprint density at radius 3 is 2.31 bits per heavy atom. The first kappa shape index (κ1) is 21.6. The fourth-order valence-electron chi connectivity index (χ4n) is 3.28. The lowest BCUT2D eigenvalue weighted by Gasteiger charge is -2.34. The van der Waals surface area contributed by atoms with Crippen LogP contribution in [0.25, 0.3) is 0 Å². The van der Waals surface area contributed by atoms with E-state index in [0.717, 1.165) is 16.5 Å². The van der Waals surface area contributed by atoms with Crippen LogP contribution in [0.3, 0.4) is 0 Å². The minimum atomic E-state index is -0.492. The first-order valence-corrected chi connectivity index (χ1v) is 10.7. The van der Waals surface area contributed by atoms with Gasteiger partial charge in [-0.05, 0) is 57.0 Å². The van der Waals surface area contributed by atoms with E-state index in [1.54, 1.807) is 4.90 Å². The summed E-state index contributed by atoms with van der Waals surface area (Å²) in [6, 6.07) is 8.21. The van der Waals surface area contributed by atoms with E-state index >= 15 is 0 Å². The lowest BCUT2D eigenvalue weighted by atomic mass is 9.80. The predicted octanol–water partition coefficient (Wildman–Crippen LogP) is 4.61. The van der Waals surface area contributed by atoms with Gasteiger partial charge in [0.1, 0.15) is 5.60 Å². The van der Waals surface area contributed by atoms with Crippen molar-refractivity contribution in [2.75, 3.05) is 31.1 Å². The molecule has 1 fully saturated rings. The monoisotopic (exact) mass is 464 g/mol. The van der Waals surface area contributed by atoms with E-state index in [9.17, 15) is 4.79 Å². The fourth-order valence-corrected chi connectivity index (χ4v) is 3.54. The SMILES string of the molecule is CCC(C)(c1ccc(Br)cc1)c1nc(N2CCN(C(=O)OC(C)(C)C)CC2)no1. The summed E-state index contributed by atoms with van der Waals surface area (Å²) in [4.78, 5) is 20.7. The van der Waals surface area contributed by atoms with Gasteiger partial charge in [0, 0.05) is 30.7 Å². The van der Waals surface area contributed by atoms with Gasteiger partial charge in [-0.2, -0.15) is 4.98 Å². The molecule has 2 heterocycles. The summed E-state index contributed by atoms with van der Waals surface area (Å²) in [5.74, 6) is 1.17. The highest BCUT2D eigenvalue weighted by Gasteiger charge is 2.35. The molecule has 1 aromatic heterocycles. The molecule has 8 heteroatoms. The van der Waals surface area contributed by atoms with Crippen LogP contribution in [-0.2, 0) is 10.2 Å². The Hall–Kier alpha value is -2.09. The summed E-state index contributed by atoms with van der Waals surface area (Å²) in [5, 5.41) is 4.22. The number of piperazine rings is 1. The van der Waals surface area contributed by atoms with Crippen molar-refractivity contribution in [2.45, 2.75) is 52.1 Å². The van der Waals surface area contributed by atoms with Crippen molar-refractivity contribution in [1.29, 1.82) is 0 Å². The zero-order valence-electron chi connectivity index (χ0n) is 17.7. The van der Waals surface area contributed by atoms with Gasteiger partial charge in [-0.3, -0.25) is 0 Å². The maximum absolute atomic E-state index is 12.2. The number of benzene rings is 1. The number of anilines is 1. The molecule has 0 aliphatic carbocycles. The third-order valence-corrected chi connectivity index (χ3v) is 5.82. The highest BCUT2D eigenvalue weighted by molar-refractivity contribution is 9.10. The molecule has 0 bridgehead atoms. The molecule has 3 rings (SSSR count). The predicted molar refractivity (Wildman–Crippen MR) is 115 cm³/mol. The van der Waals surface area contributed by atoms with Crippen LogP contribution in [0.2, 0.25) is 0 Å². The second-order valence-electron chi connectivity index (χ2n) is 8.55. The molecule has 1 aliphatic rings. The van der Waals surface area contributed by atoms with Crippen molar-refractivity contribution >= 4 is 28.0 Å². The topological polar surface area (TPSA) is 71.7 Å². The van der Waals surface area contributed by atoms with E-state index in [-0.39, 0.29) is 11.5 Å². The third kappa shape index (κ3) is 4.91. The molecule has 1 aliphatic heterocycles. The van der Waals surface area contributed by atoms with Crippen molar-refractivity contribution in [1.82, 2.24) is 15.0 Å². The van der Waals surface area contributed by atoms with Crippen LogP contribution in [0.4, 0.5) is 10.7 Å². The van der Waals surface area contributed by atoms with Gasteiger partial charge < -0.3 is 19.1 Å². The minimum Gasteiger partial charge on any atom is -0.444 e. The molecule has 1 atom stereocenters. The number of amides is 1. The number of halogens is 1. The highest BCUT2D eigenvalue weighted by atomic mass is 79.9. The van der Waals surface area contributed by atoms with Crippen LogP contribution in [0.5, 0.6) is 0 Å². The van der Waals surface area contributed by atoms with E-state index in [0.29, 0.717) is 38.0 Å². The summed E-state index contributed by atoms with van der Waals surface area (Å²) in [7, 11) is 0. The van der Waals surface area contributed by atoms with Crippen molar-refractivity contribution in [3.05, 3.63) is 40.2 Å². The molecule has 2 aromatic rings. The standard InChI is InChI=1S/C21H29BrN4O3/c1-6-21(5,15-7-9-16(22)10-8-15)17-23-18(24-29-17)25-11-13-26(14-12-25)19(27)28-20(2,3)4/h7-10H,6,11-14H2,1-5H3. The minimum absolute atomic E-state index is 0.278. The third-order valence-electron chi connectivity index (χ3n) is 5.29. The van der Waals surface area contributed by atoms with Gasteiger partial charge in [-0.1, -0.05) is 35.0 Å². The van der Waals surface area contributed by atoms with E-state index in [2.05, 4.69) is 47.1 Å². The summed E-state index contributed by atoms with van der Waals surface area (Å²) >= 11 is 3.48. The van der Waals surface area contributed by atoms with Crippen LogP contribution >= 0.6 is 15.9 Å². The average molecular weight is 465 g/mol. The van der Waals surface area contributed by atoms with Crippen LogP contribution in [0.15, 0.2) is 33.3 Å². The average Bonchev–Trinajstić information content (AvgIpc) is 3.17. The molecule has 0 spiro atoms. The van der Waals surface area contributed by atoms with Gasteiger partial charge in [0.2, 0.25) is 5.89 Å². The summed E-state index contributed by atoms with van der Waals surface area (Å²) in [6.45, 7) is 12.3. The number of ether oxygens (including phenoxy) is 1. The van der Waals surface area contributed by atoms with E-state index < -0.39 is 5.60 Å². The normalized spacial score (nSPS) is 17.2. The maximum atomic E-state index is 12.2. The zero-order chi connectivity index (χ0) is 21.2. The molecule has 0 saturated carbocycles. The number of aromatic nitrogens is 2. The second kappa shape index (κ2) is 8.34. The van der Waals surface area contributed by atoms with Gasteiger partial charge >= 0.3 is 6.09 Å². The van der Waals surface area contributed by atoms with Crippen molar-refractivity contribution in [3.8, 4) is 0 Å². The van der Waals surface area contributed by atoms with Gasteiger partial charge in [0.25, 0.3) is 5.95 Å². The van der Waals surface area contributed by atoms with Gasteiger partial charge in [0.15, 0.2) is 0 Å². The fraction of sp³-hybridized carbons (Fsp3) is 0.571. The Balaban J connectivity index is 1.69. The Labute approximate surface area is 180 Å². The Morgan fingerprint density at radius 1 is 1.14 bits per heavy atom. The van der Waals surface area contributed by atoms with Crippen molar-refractivity contribution in [2.24, 2.45) is 0 Å². The second-order valence-corrected chi connectivity index (χ2v) is 9.46. The molecule has 1 aromatic carbocycles. The largest absolute Gasteiger partial charge is 0.444 e. The first-order valence-electron chi connectivity index (χ1n) is 9.95. The molecular weight excluding hydrogens is 436 g/mol. The van der Waals surface area contributed by atoms with Gasteiger partial charge in [-0.15, -0.1) is 0 Å². The maximum Gasteiger partial charge on any atom is 0.410 e. The number of hydrogen-bond donors (Lipinski definition) is 0. The van der Waals surface area contributed by atoms with Crippen LogP contribution < -0.4 is 4.90 Å². The van der Waals surface area contributed by atoms with Crippen LogP contribution in [-0.4, -0.2) is 52.9 Å². The molecule has 0 N–H and O–H groups in total. The molecule has 1 unspecified atom stereocenters. The summed E-state index contributed by atoms with van der Waals surface area (Å²) in [5.41, 5.74) is 0.284. The van der Waals surface area contributed by atoms with Crippen LogP contribution in [0.1, 0.15) is 52.5 Å². The molecule has 0 radical (unpaired) electrons. The Bertz CT molecular complexity index is 838. The number of rotatable bonds is 4. The first-order chi connectivity index (χ1) is 13.6. The number of carbonyl (C=O) groups excluding carboxylic acids is 1. The van der Waals surface area contributed by atoms with Gasteiger partial charge in [0.05, 0.1) is 5.41 Å². The summed E-state index contributed by atoms with van der Waals surface area (Å²) < 4.78 is 12.2. The molecule has 7 nitrogen and oxygen atoms in total. The molecule has 1 saturated heterocycles. The van der Waals surface area contributed by atoms with E-state index in [1.807, 2.05) is 37.8 Å². The molecule has 158 valence electrons. The molecular formula is C21H29BrN4O3. The lowest BCUT2D eigenvalue weighted by molar-refractivity contribution is 0.0240. The zero-order valence-corrected chi connectivity index (χ0v) is 19.3.